The van der Waals surface area contributed by atoms with Gasteiger partial charge in [-0.25, -0.2) is 0 Å². The zero-order chi connectivity index (χ0) is 26.0. The number of aliphatic hydroxyl groups excluding tert-OH is 1. The average Bonchev–Trinajstić information content (AvgIpc) is 3.16. The standard InChI is InChI=1S/C29H36N2O5/c1-5-17(3)23(16-32)31-26(27(33)30-21-13-12-19-9-7-8-10-20(19)15-21)22-14-11-18(4)24(25(22)28(31)34)29(35)36-6-2/h7-15,17-18,22-26,32H,5-6,16H2,1-4H3,(H,30,33)/t17-,18+,22-,23-,24+,25+,26-/m0/s1. The molecule has 1 saturated heterocycles. The SMILES string of the molecule is CCOC(=O)[C@H]1[C@@H]2C(=O)N([C@@H](CO)[C@@H](C)CC)[C@H](C(=O)Nc3ccc4ccccc4c3)[C@H]2C=C[C@H]1C. The molecule has 0 aromatic heterocycles. The van der Waals surface area contributed by atoms with Crippen molar-refractivity contribution >= 4 is 34.2 Å². The molecule has 7 atom stereocenters. The molecule has 192 valence electrons. The molecule has 4 rings (SSSR count). The lowest BCUT2D eigenvalue weighted by Crippen LogP contribution is -2.52. The van der Waals surface area contributed by atoms with Gasteiger partial charge >= 0.3 is 5.97 Å². The number of esters is 1. The number of fused-ring (bicyclic) bond motifs is 2. The third-order valence-electron chi connectivity index (χ3n) is 7.90. The Bertz CT molecular complexity index is 1160. The van der Waals surface area contributed by atoms with E-state index in [0.717, 1.165) is 17.2 Å². The molecule has 2 aromatic rings. The van der Waals surface area contributed by atoms with Crippen molar-refractivity contribution in [3.8, 4) is 0 Å². The summed E-state index contributed by atoms with van der Waals surface area (Å²) in [5, 5.41) is 15.4. The summed E-state index contributed by atoms with van der Waals surface area (Å²) in [5.74, 6) is -3.13. The summed E-state index contributed by atoms with van der Waals surface area (Å²) in [6, 6.07) is 12.2. The number of allylic oxidation sites excluding steroid dienone is 1. The molecular formula is C29H36N2O5. The summed E-state index contributed by atoms with van der Waals surface area (Å²) in [7, 11) is 0. The number of aliphatic hydroxyl groups is 1. The zero-order valence-electron chi connectivity index (χ0n) is 21.4. The number of nitrogens with zero attached hydrogens (tertiary/aromatic N) is 1. The summed E-state index contributed by atoms with van der Waals surface area (Å²) >= 11 is 0. The van der Waals surface area contributed by atoms with Crippen molar-refractivity contribution in [2.24, 2.45) is 29.6 Å². The van der Waals surface area contributed by atoms with Crippen molar-refractivity contribution in [3.05, 3.63) is 54.6 Å². The van der Waals surface area contributed by atoms with E-state index in [4.69, 9.17) is 4.74 Å². The van der Waals surface area contributed by atoms with E-state index >= 15 is 0 Å². The summed E-state index contributed by atoms with van der Waals surface area (Å²) in [6.45, 7) is 7.56. The molecule has 0 bridgehead atoms. The van der Waals surface area contributed by atoms with E-state index in [1.54, 1.807) is 11.8 Å². The quantitative estimate of drug-likeness (QED) is 0.429. The fourth-order valence-corrected chi connectivity index (χ4v) is 5.79. The highest BCUT2D eigenvalue weighted by Gasteiger charge is 2.58. The molecule has 1 fully saturated rings. The highest BCUT2D eigenvalue weighted by atomic mass is 16.5. The highest BCUT2D eigenvalue weighted by molar-refractivity contribution is 6.02. The van der Waals surface area contributed by atoms with Crippen LogP contribution in [0, 0.1) is 29.6 Å². The van der Waals surface area contributed by atoms with Crippen LogP contribution in [0.25, 0.3) is 10.8 Å². The Labute approximate surface area is 212 Å². The zero-order valence-corrected chi connectivity index (χ0v) is 21.4. The number of benzene rings is 2. The van der Waals surface area contributed by atoms with Crippen LogP contribution in [-0.2, 0) is 19.1 Å². The number of rotatable bonds is 8. The summed E-state index contributed by atoms with van der Waals surface area (Å²) in [4.78, 5) is 42.3. The molecular weight excluding hydrogens is 456 g/mol. The van der Waals surface area contributed by atoms with Gasteiger partial charge in [-0.3, -0.25) is 14.4 Å². The Balaban J connectivity index is 1.73. The van der Waals surface area contributed by atoms with Crippen molar-refractivity contribution in [1.29, 1.82) is 0 Å². The van der Waals surface area contributed by atoms with Crippen LogP contribution in [0.2, 0.25) is 0 Å². The number of carbonyl (C=O) groups excluding carboxylic acids is 3. The lowest BCUT2D eigenvalue weighted by molar-refractivity contribution is -0.156. The Morgan fingerprint density at radius 3 is 2.50 bits per heavy atom. The molecule has 7 nitrogen and oxygen atoms in total. The topological polar surface area (TPSA) is 95.9 Å². The predicted octanol–water partition coefficient (Wildman–Crippen LogP) is 4.01. The summed E-state index contributed by atoms with van der Waals surface area (Å²) < 4.78 is 5.34. The molecule has 0 unspecified atom stereocenters. The smallest absolute Gasteiger partial charge is 0.310 e. The number of amides is 2. The van der Waals surface area contributed by atoms with Gasteiger partial charge in [0.2, 0.25) is 11.8 Å². The molecule has 0 saturated carbocycles. The van der Waals surface area contributed by atoms with Gasteiger partial charge in [0.05, 0.1) is 31.1 Å². The molecule has 0 radical (unpaired) electrons. The van der Waals surface area contributed by atoms with Crippen LogP contribution in [0.15, 0.2) is 54.6 Å². The molecule has 0 spiro atoms. The van der Waals surface area contributed by atoms with E-state index in [2.05, 4.69) is 5.32 Å². The molecule has 1 aliphatic carbocycles. The third-order valence-corrected chi connectivity index (χ3v) is 7.90. The highest BCUT2D eigenvalue weighted by Crippen LogP contribution is 2.46. The maximum Gasteiger partial charge on any atom is 0.310 e. The Hall–Kier alpha value is -3.19. The first kappa shape index (κ1) is 25.9. The maximum atomic E-state index is 14.0. The summed E-state index contributed by atoms with van der Waals surface area (Å²) in [6.07, 6.45) is 4.54. The van der Waals surface area contributed by atoms with Crippen LogP contribution in [0.1, 0.15) is 34.1 Å². The second-order valence-electron chi connectivity index (χ2n) is 10.0. The average molecular weight is 493 g/mol. The minimum atomic E-state index is -0.846. The molecule has 2 amide bonds. The van der Waals surface area contributed by atoms with Crippen LogP contribution in [0.4, 0.5) is 5.69 Å². The van der Waals surface area contributed by atoms with Gasteiger partial charge < -0.3 is 20.1 Å². The van der Waals surface area contributed by atoms with Gasteiger partial charge in [-0.1, -0.05) is 69.7 Å². The minimum Gasteiger partial charge on any atom is -0.466 e. The molecule has 2 aliphatic rings. The number of anilines is 1. The molecule has 1 aliphatic heterocycles. The number of hydrogen-bond acceptors (Lipinski definition) is 5. The van der Waals surface area contributed by atoms with Crippen molar-refractivity contribution in [2.75, 3.05) is 18.5 Å². The van der Waals surface area contributed by atoms with Gasteiger partial charge in [0.25, 0.3) is 0 Å². The molecule has 7 heteroatoms. The normalized spacial score (nSPS) is 27.0. The Kier molecular flexibility index (Phi) is 7.79. The van der Waals surface area contributed by atoms with Crippen LogP contribution >= 0.6 is 0 Å². The predicted molar refractivity (Wildman–Crippen MR) is 139 cm³/mol. The number of carbonyl (C=O) groups is 3. The van der Waals surface area contributed by atoms with Crippen LogP contribution < -0.4 is 5.32 Å². The molecule has 2 aromatic carbocycles. The maximum absolute atomic E-state index is 14.0. The van der Waals surface area contributed by atoms with Gasteiger partial charge in [-0.15, -0.1) is 0 Å². The largest absolute Gasteiger partial charge is 0.466 e. The molecule has 1 heterocycles. The molecule has 2 N–H and O–H groups in total. The van der Waals surface area contributed by atoms with Crippen molar-refractivity contribution < 1.29 is 24.2 Å². The van der Waals surface area contributed by atoms with E-state index in [0.29, 0.717) is 5.69 Å². The summed E-state index contributed by atoms with van der Waals surface area (Å²) in [5.41, 5.74) is 0.633. The van der Waals surface area contributed by atoms with Gasteiger partial charge in [0.15, 0.2) is 0 Å². The Morgan fingerprint density at radius 2 is 1.83 bits per heavy atom. The molecule has 36 heavy (non-hydrogen) atoms. The van der Waals surface area contributed by atoms with E-state index in [9.17, 15) is 19.5 Å². The first-order valence-corrected chi connectivity index (χ1v) is 12.9. The van der Waals surface area contributed by atoms with Crippen molar-refractivity contribution in [3.63, 3.8) is 0 Å². The van der Waals surface area contributed by atoms with Crippen molar-refractivity contribution in [1.82, 2.24) is 4.90 Å². The van der Waals surface area contributed by atoms with Crippen LogP contribution in [0.3, 0.4) is 0 Å². The van der Waals surface area contributed by atoms with E-state index in [1.807, 2.05) is 75.4 Å². The third kappa shape index (κ3) is 4.64. The van der Waals surface area contributed by atoms with Gasteiger partial charge in [0.1, 0.15) is 6.04 Å². The van der Waals surface area contributed by atoms with Gasteiger partial charge in [-0.2, -0.15) is 0 Å². The van der Waals surface area contributed by atoms with E-state index in [-0.39, 0.29) is 36.9 Å². The second kappa shape index (κ2) is 10.8. The van der Waals surface area contributed by atoms with Crippen LogP contribution in [-0.4, -0.2) is 53.1 Å². The first-order valence-electron chi connectivity index (χ1n) is 12.9. The number of likely N-dealkylation sites (tertiary alicyclic amines) is 1. The van der Waals surface area contributed by atoms with Crippen LogP contribution in [0.5, 0.6) is 0 Å². The lowest BCUT2D eigenvalue weighted by Gasteiger charge is -2.36. The van der Waals surface area contributed by atoms with Gasteiger partial charge in [0, 0.05) is 11.6 Å². The Morgan fingerprint density at radius 1 is 1.11 bits per heavy atom. The fourth-order valence-electron chi connectivity index (χ4n) is 5.79. The number of nitrogens with one attached hydrogen (secondary N) is 1. The fraction of sp³-hybridized carbons (Fsp3) is 0.483. The van der Waals surface area contributed by atoms with E-state index in [1.165, 1.54) is 0 Å². The van der Waals surface area contributed by atoms with E-state index < -0.39 is 35.8 Å². The number of ether oxygens (including phenoxy) is 1. The van der Waals surface area contributed by atoms with Crippen molar-refractivity contribution in [2.45, 2.75) is 46.2 Å². The minimum absolute atomic E-state index is 0.0301. The van der Waals surface area contributed by atoms with Gasteiger partial charge in [-0.05, 0) is 41.7 Å². The lowest BCUT2D eigenvalue weighted by atomic mass is 9.70. The first-order chi connectivity index (χ1) is 17.3. The monoisotopic (exact) mass is 492 g/mol. The number of hydrogen-bond donors (Lipinski definition) is 2. The second-order valence-corrected chi connectivity index (χ2v) is 10.0.